The molecule has 168 valence electrons. The van der Waals surface area contributed by atoms with Crippen LogP contribution < -0.4 is 16.0 Å². The molecule has 0 atom stereocenters. The Morgan fingerprint density at radius 3 is 2.37 bits per heavy atom. The van der Waals surface area contributed by atoms with Crippen LogP contribution in [0, 0.1) is 5.92 Å². The second-order valence-electron chi connectivity index (χ2n) is 9.03. The first-order valence-electron chi connectivity index (χ1n) is 11.0. The third-order valence-electron chi connectivity index (χ3n) is 5.21. The summed E-state index contributed by atoms with van der Waals surface area (Å²) in [4.78, 5) is 18.6. The highest BCUT2D eigenvalue weighted by Gasteiger charge is 2.17. The van der Waals surface area contributed by atoms with Crippen LogP contribution in [-0.4, -0.2) is 62.8 Å². The van der Waals surface area contributed by atoms with E-state index in [1.54, 1.807) is 0 Å². The number of amides is 1. The molecule has 1 heterocycles. The number of benzene rings is 1. The van der Waals surface area contributed by atoms with E-state index in [1.807, 2.05) is 52.1 Å². The Hall–Kier alpha value is -2.28. The van der Waals surface area contributed by atoms with Crippen molar-refractivity contribution in [3.05, 3.63) is 29.8 Å². The van der Waals surface area contributed by atoms with Gasteiger partial charge in [-0.25, -0.2) is 4.79 Å². The average molecular weight is 418 g/mol. The van der Waals surface area contributed by atoms with Crippen LogP contribution in [0.3, 0.4) is 0 Å². The molecule has 3 N–H and O–H groups in total. The van der Waals surface area contributed by atoms with E-state index < -0.39 is 11.7 Å². The minimum Gasteiger partial charge on any atom is -0.444 e. The molecular formula is C23H39N5O2. The molecule has 1 fully saturated rings. The van der Waals surface area contributed by atoms with Crippen molar-refractivity contribution < 1.29 is 9.53 Å². The number of hydrogen-bond acceptors (Lipinski definition) is 4. The van der Waals surface area contributed by atoms with Crippen LogP contribution in [0.2, 0.25) is 0 Å². The maximum Gasteiger partial charge on any atom is 0.412 e. The molecule has 1 saturated heterocycles. The van der Waals surface area contributed by atoms with Gasteiger partial charge in [0.2, 0.25) is 0 Å². The molecule has 0 radical (unpaired) electrons. The second kappa shape index (κ2) is 11.8. The molecule has 0 spiro atoms. The van der Waals surface area contributed by atoms with Crippen molar-refractivity contribution in [1.29, 1.82) is 0 Å². The van der Waals surface area contributed by atoms with Gasteiger partial charge in [0, 0.05) is 25.8 Å². The Kier molecular flexibility index (Phi) is 9.43. The number of hydrogen-bond donors (Lipinski definition) is 3. The number of anilines is 1. The highest BCUT2D eigenvalue weighted by Crippen LogP contribution is 2.18. The van der Waals surface area contributed by atoms with Crippen LogP contribution in [0.5, 0.6) is 0 Å². The van der Waals surface area contributed by atoms with Gasteiger partial charge in [-0.15, -0.1) is 0 Å². The van der Waals surface area contributed by atoms with Gasteiger partial charge >= 0.3 is 6.09 Å². The quantitative estimate of drug-likeness (QED) is 0.468. The summed E-state index contributed by atoms with van der Waals surface area (Å²) in [6, 6.07) is 7.83. The van der Waals surface area contributed by atoms with Gasteiger partial charge in [-0.3, -0.25) is 10.3 Å². The van der Waals surface area contributed by atoms with E-state index in [-0.39, 0.29) is 0 Å². The molecule has 7 nitrogen and oxygen atoms in total. The third kappa shape index (κ3) is 9.48. The first-order valence-corrected chi connectivity index (χ1v) is 11.0. The molecule has 7 heteroatoms. The Bertz CT molecular complexity index is 674. The van der Waals surface area contributed by atoms with E-state index in [1.165, 1.54) is 37.9 Å². The summed E-state index contributed by atoms with van der Waals surface area (Å²) in [5.41, 5.74) is 1.42. The predicted molar refractivity (Wildman–Crippen MR) is 124 cm³/mol. The summed E-state index contributed by atoms with van der Waals surface area (Å²) in [5.74, 6) is 1.67. The first kappa shape index (κ1) is 24.0. The highest BCUT2D eigenvalue weighted by molar-refractivity contribution is 5.84. The van der Waals surface area contributed by atoms with E-state index in [4.69, 9.17) is 4.74 Å². The van der Waals surface area contributed by atoms with Gasteiger partial charge in [0.25, 0.3) is 0 Å². The van der Waals surface area contributed by atoms with Crippen LogP contribution in [0.1, 0.15) is 45.6 Å². The predicted octanol–water partition coefficient (Wildman–Crippen LogP) is 3.47. The van der Waals surface area contributed by atoms with Crippen molar-refractivity contribution in [2.24, 2.45) is 10.9 Å². The Morgan fingerprint density at radius 1 is 1.13 bits per heavy atom. The number of rotatable bonds is 7. The van der Waals surface area contributed by atoms with Crippen LogP contribution >= 0.6 is 0 Å². The standard InChI is InChI=1S/C23H39N5O2/c1-23(2,3)30-22(29)27-20-8-6-18(7-9-20)10-14-25-21(24-4)26-15-11-19-12-16-28(5)17-13-19/h6-9,19H,10-17H2,1-5H3,(H,27,29)(H2,24,25,26). The van der Waals surface area contributed by atoms with Crippen LogP contribution in [-0.2, 0) is 11.2 Å². The molecule has 1 aromatic rings. The molecule has 0 aliphatic carbocycles. The molecule has 0 unspecified atom stereocenters. The molecule has 1 amide bonds. The maximum absolute atomic E-state index is 11.8. The molecule has 1 aliphatic rings. The van der Waals surface area contributed by atoms with Crippen LogP contribution in [0.25, 0.3) is 0 Å². The highest BCUT2D eigenvalue weighted by atomic mass is 16.6. The summed E-state index contributed by atoms with van der Waals surface area (Å²) in [6.45, 7) is 9.72. The number of carbonyl (C=O) groups is 1. The minimum atomic E-state index is -0.505. The van der Waals surface area contributed by atoms with Gasteiger partial charge in [-0.2, -0.15) is 0 Å². The number of carbonyl (C=O) groups excluding carboxylic acids is 1. The van der Waals surface area contributed by atoms with E-state index in [2.05, 4.69) is 32.9 Å². The van der Waals surface area contributed by atoms with Crippen LogP contribution in [0.4, 0.5) is 10.5 Å². The van der Waals surface area contributed by atoms with Gasteiger partial charge < -0.3 is 20.3 Å². The maximum atomic E-state index is 11.8. The number of aliphatic imine (C=N–C) groups is 1. The van der Waals surface area contributed by atoms with Gasteiger partial charge in [-0.1, -0.05) is 12.1 Å². The molecule has 0 bridgehead atoms. The topological polar surface area (TPSA) is 78.0 Å². The number of guanidine groups is 1. The Balaban J connectivity index is 1.65. The fourth-order valence-electron chi connectivity index (χ4n) is 3.47. The zero-order chi connectivity index (χ0) is 22.0. The van der Waals surface area contributed by atoms with Crippen molar-refractivity contribution in [2.75, 3.05) is 45.6 Å². The van der Waals surface area contributed by atoms with Gasteiger partial charge in [-0.05, 0) is 90.2 Å². The largest absolute Gasteiger partial charge is 0.444 e. The first-order chi connectivity index (χ1) is 14.2. The summed E-state index contributed by atoms with van der Waals surface area (Å²) in [6.07, 6.45) is 4.22. The zero-order valence-electron chi connectivity index (χ0n) is 19.3. The summed E-state index contributed by atoms with van der Waals surface area (Å²) < 4.78 is 5.27. The van der Waals surface area contributed by atoms with Crippen molar-refractivity contribution in [3.8, 4) is 0 Å². The zero-order valence-corrected chi connectivity index (χ0v) is 19.3. The summed E-state index contributed by atoms with van der Waals surface area (Å²) in [7, 11) is 4.01. The lowest BCUT2D eigenvalue weighted by Gasteiger charge is -2.29. The fraction of sp³-hybridized carbons (Fsp3) is 0.652. The van der Waals surface area contributed by atoms with E-state index in [0.717, 1.165) is 37.1 Å². The number of nitrogens with zero attached hydrogens (tertiary/aromatic N) is 2. The van der Waals surface area contributed by atoms with E-state index >= 15 is 0 Å². The molecule has 0 aromatic heterocycles. The van der Waals surface area contributed by atoms with E-state index in [0.29, 0.717) is 0 Å². The Labute approximate surface area is 181 Å². The monoisotopic (exact) mass is 417 g/mol. The fourth-order valence-corrected chi connectivity index (χ4v) is 3.47. The molecule has 30 heavy (non-hydrogen) atoms. The average Bonchev–Trinajstić information content (AvgIpc) is 2.68. The molecular weight excluding hydrogens is 378 g/mol. The summed E-state index contributed by atoms with van der Waals surface area (Å²) >= 11 is 0. The van der Waals surface area contributed by atoms with Gasteiger partial charge in [0.05, 0.1) is 0 Å². The molecule has 2 rings (SSSR count). The van der Waals surface area contributed by atoms with E-state index in [9.17, 15) is 4.79 Å². The van der Waals surface area contributed by atoms with Crippen molar-refractivity contribution in [3.63, 3.8) is 0 Å². The lowest BCUT2D eigenvalue weighted by molar-refractivity contribution is 0.0636. The minimum absolute atomic E-state index is 0.438. The second-order valence-corrected chi connectivity index (χ2v) is 9.03. The van der Waals surface area contributed by atoms with Gasteiger partial charge in [0.1, 0.15) is 5.60 Å². The lowest BCUT2D eigenvalue weighted by Crippen LogP contribution is -2.39. The third-order valence-corrected chi connectivity index (χ3v) is 5.21. The number of nitrogens with one attached hydrogen (secondary N) is 3. The molecule has 1 aliphatic heterocycles. The molecule has 1 aromatic carbocycles. The van der Waals surface area contributed by atoms with Gasteiger partial charge in [0.15, 0.2) is 5.96 Å². The number of likely N-dealkylation sites (tertiary alicyclic amines) is 1. The normalized spacial score (nSPS) is 16.2. The Morgan fingerprint density at radius 2 is 1.77 bits per heavy atom. The van der Waals surface area contributed by atoms with Crippen molar-refractivity contribution in [1.82, 2.24) is 15.5 Å². The number of ether oxygens (including phenoxy) is 1. The number of piperidine rings is 1. The van der Waals surface area contributed by atoms with Crippen molar-refractivity contribution >= 4 is 17.7 Å². The SMILES string of the molecule is CN=C(NCCc1ccc(NC(=O)OC(C)(C)C)cc1)NCCC1CCN(C)CC1. The van der Waals surface area contributed by atoms with Crippen molar-refractivity contribution in [2.45, 2.75) is 52.1 Å². The van der Waals surface area contributed by atoms with Crippen LogP contribution in [0.15, 0.2) is 29.3 Å². The summed E-state index contributed by atoms with van der Waals surface area (Å²) in [5, 5.41) is 9.56. The molecule has 0 saturated carbocycles. The lowest BCUT2D eigenvalue weighted by atomic mass is 9.94. The smallest absolute Gasteiger partial charge is 0.412 e.